The monoisotopic (exact) mass is 287 g/mol. The summed E-state index contributed by atoms with van der Waals surface area (Å²) in [6.45, 7) is 1.96. The molecule has 7 heteroatoms. The smallest absolute Gasteiger partial charge is 0.272 e. The number of nitrogens with zero attached hydrogens (tertiary/aromatic N) is 3. The SMILES string of the molecule is Cc1nc(-c2cc(C(=O)Nc3cn[nH]c3)n(C)c2)cs1. The summed E-state index contributed by atoms with van der Waals surface area (Å²) < 4.78 is 1.79. The van der Waals surface area contributed by atoms with Crippen LogP contribution in [-0.2, 0) is 7.05 Å². The number of carbonyl (C=O) groups is 1. The minimum absolute atomic E-state index is 0.174. The molecule has 0 aromatic carbocycles. The van der Waals surface area contributed by atoms with Gasteiger partial charge < -0.3 is 9.88 Å². The lowest BCUT2D eigenvalue weighted by atomic mass is 10.2. The molecular weight excluding hydrogens is 274 g/mol. The predicted octanol–water partition coefficient (Wildman–Crippen LogP) is 2.43. The lowest BCUT2D eigenvalue weighted by Crippen LogP contribution is -2.14. The number of rotatable bonds is 3. The van der Waals surface area contributed by atoms with Crippen LogP contribution in [0.2, 0.25) is 0 Å². The van der Waals surface area contributed by atoms with Crippen molar-refractivity contribution < 1.29 is 4.79 Å². The number of hydrogen-bond donors (Lipinski definition) is 2. The zero-order valence-corrected chi connectivity index (χ0v) is 11.9. The molecule has 0 saturated heterocycles. The summed E-state index contributed by atoms with van der Waals surface area (Å²) in [5.74, 6) is -0.174. The molecule has 2 N–H and O–H groups in total. The molecule has 3 heterocycles. The molecule has 0 saturated carbocycles. The van der Waals surface area contributed by atoms with E-state index in [1.165, 1.54) is 0 Å². The number of carbonyl (C=O) groups excluding carboxylic acids is 1. The fourth-order valence-corrected chi connectivity index (χ4v) is 2.56. The Kier molecular flexibility index (Phi) is 3.11. The normalized spacial score (nSPS) is 10.7. The molecule has 0 aliphatic rings. The number of thiazole rings is 1. The van der Waals surface area contributed by atoms with Crippen molar-refractivity contribution in [2.45, 2.75) is 6.92 Å². The highest BCUT2D eigenvalue weighted by atomic mass is 32.1. The second kappa shape index (κ2) is 4.93. The molecule has 0 aliphatic heterocycles. The van der Waals surface area contributed by atoms with Gasteiger partial charge in [-0.2, -0.15) is 5.10 Å². The molecule has 6 nitrogen and oxygen atoms in total. The van der Waals surface area contributed by atoms with Gasteiger partial charge in [-0.25, -0.2) is 4.98 Å². The van der Waals surface area contributed by atoms with Crippen LogP contribution in [0.4, 0.5) is 5.69 Å². The number of H-pyrrole nitrogens is 1. The summed E-state index contributed by atoms with van der Waals surface area (Å²) in [7, 11) is 1.84. The highest BCUT2D eigenvalue weighted by Crippen LogP contribution is 2.23. The van der Waals surface area contributed by atoms with Crippen molar-refractivity contribution in [3.05, 3.63) is 40.7 Å². The maximum Gasteiger partial charge on any atom is 0.272 e. The third-order valence-corrected chi connectivity index (χ3v) is 3.68. The Morgan fingerprint density at radius 2 is 2.35 bits per heavy atom. The van der Waals surface area contributed by atoms with Gasteiger partial charge in [0.05, 0.1) is 22.6 Å². The van der Waals surface area contributed by atoms with Gasteiger partial charge in [-0.05, 0) is 13.0 Å². The van der Waals surface area contributed by atoms with E-state index in [9.17, 15) is 4.79 Å². The molecule has 0 bridgehead atoms. The van der Waals surface area contributed by atoms with E-state index < -0.39 is 0 Å². The van der Waals surface area contributed by atoms with Gasteiger partial charge in [0.15, 0.2) is 0 Å². The quantitative estimate of drug-likeness (QED) is 0.777. The molecule has 3 aromatic rings. The maximum absolute atomic E-state index is 12.2. The fourth-order valence-electron chi connectivity index (χ4n) is 1.94. The van der Waals surface area contributed by atoms with Crippen molar-refractivity contribution in [2.24, 2.45) is 7.05 Å². The van der Waals surface area contributed by atoms with Crippen molar-refractivity contribution in [1.82, 2.24) is 19.7 Å². The zero-order chi connectivity index (χ0) is 14.1. The van der Waals surface area contributed by atoms with Gasteiger partial charge >= 0.3 is 0 Å². The molecule has 20 heavy (non-hydrogen) atoms. The first-order valence-electron chi connectivity index (χ1n) is 6.02. The van der Waals surface area contributed by atoms with Gasteiger partial charge in [0.2, 0.25) is 0 Å². The Morgan fingerprint density at radius 3 is 3.00 bits per heavy atom. The molecule has 0 aliphatic carbocycles. The minimum atomic E-state index is -0.174. The lowest BCUT2D eigenvalue weighted by Gasteiger charge is -2.02. The van der Waals surface area contributed by atoms with Crippen molar-refractivity contribution >= 4 is 22.9 Å². The second-order valence-corrected chi connectivity index (χ2v) is 5.48. The van der Waals surface area contributed by atoms with Gasteiger partial charge in [-0.1, -0.05) is 0 Å². The molecule has 3 rings (SSSR count). The van der Waals surface area contributed by atoms with Crippen LogP contribution in [-0.4, -0.2) is 25.7 Å². The number of anilines is 1. The Hall–Kier alpha value is -2.41. The third kappa shape index (κ3) is 2.35. The Balaban J connectivity index is 1.87. The Labute approximate surface area is 119 Å². The molecule has 0 spiro atoms. The number of aromatic nitrogens is 4. The first kappa shape index (κ1) is 12.6. The molecule has 0 unspecified atom stereocenters. The van der Waals surface area contributed by atoms with E-state index in [0.29, 0.717) is 11.4 Å². The zero-order valence-electron chi connectivity index (χ0n) is 11.0. The van der Waals surface area contributed by atoms with Crippen molar-refractivity contribution in [2.75, 3.05) is 5.32 Å². The van der Waals surface area contributed by atoms with Gasteiger partial charge in [0.1, 0.15) is 5.69 Å². The second-order valence-electron chi connectivity index (χ2n) is 4.42. The highest BCUT2D eigenvalue weighted by Gasteiger charge is 2.14. The van der Waals surface area contributed by atoms with Crippen LogP contribution in [0.5, 0.6) is 0 Å². The predicted molar refractivity (Wildman–Crippen MR) is 77.8 cm³/mol. The first-order valence-corrected chi connectivity index (χ1v) is 6.90. The van der Waals surface area contributed by atoms with Crippen LogP contribution in [0.1, 0.15) is 15.5 Å². The number of amides is 1. The topological polar surface area (TPSA) is 75.6 Å². The Bertz CT molecular complexity index is 741. The first-order chi connectivity index (χ1) is 9.63. The average molecular weight is 287 g/mol. The van der Waals surface area contributed by atoms with E-state index in [-0.39, 0.29) is 5.91 Å². The van der Waals surface area contributed by atoms with Crippen molar-refractivity contribution in [3.8, 4) is 11.3 Å². The summed E-state index contributed by atoms with van der Waals surface area (Å²) in [4.78, 5) is 16.6. The summed E-state index contributed by atoms with van der Waals surface area (Å²) >= 11 is 1.59. The number of nitrogens with one attached hydrogen (secondary N) is 2. The van der Waals surface area contributed by atoms with Crippen LogP contribution in [0.15, 0.2) is 30.0 Å². The van der Waals surface area contributed by atoms with Gasteiger partial charge in [-0.15, -0.1) is 11.3 Å². The van der Waals surface area contributed by atoms with E-state index in [0.717, 1.165) is 16.3 Å². The molecule has 102 valence electrons. The van der Waals surface area contributed by atoms with E-state index in [1.54, 1.807) is 28.3 Å². The van der Waals surface area contributed by atoms with E-state index in [4.69, 9.17) is 0 Å². The van der Waals surface area contributed by atoms with Crippen molar-refractivity contribution in [1.29, 1.82) is 0 Å². The van der Waals surface area contributed by atoms with Crippen molar-refractivity contribution in [3.63, 3.8) is 0 Å². The van der Waals surface area contributed by atoms with E-state index in [1.807, 2.05) is 31.6 Å². The summed E-state index contributed by atoms with van der Waals surface area (Å²) in [5.41, 5.74) is 3.05. The molecule has 0 atom stereocenters. The minimum Gasteiger partial charge on any atom is -0.346 e. The van der Waals surface area contributed by atoms with Gasteiger partial charge in [-0.3, -0.25) is 9.89 Å². The molecule has 0 fully saturated rings. The number of hydrogen-bond acceptors (Lipinski definition) is 4. The largest absolute Gasteiger partial charge is 0.346 e. The standard InChI is InChI=1S/C13H13N5OS/c1-8-16-11(7-20-8)9-3-12(18(2)6-9)13(19)17-10-4-14-15-5-10/h3-7H,1-2H3,(H,14,15)(H,17,19). The summed E-state index contributed by atoms with van der Waals surface area (Å²) in [5, 5.41) is 12.2. The average Bonchev–Trinajstić information content (AvgIpc) is 3.10. The van der Waals surface area contributed by atoms with Gasteiger partial charge in [0, 0.05) is 30.4 Å². The third-order valence-electron chi connectivity index (χ3n) is 2.91. The van der Waals surface area contributed by atoms with Crippen LogP contribution < -0.4 is 5.32 Å². The summed E-state index contributed by atoms with van der Waals surface area (Å²) in [6, 6.07) is 1.84. The summed E-state index contributed by atoms with van der Waals surface area (Å²) in [6.07, 6.45) is 5.09. The highest BCUT2D eigenvalue weighted by molar-refractivity contribution is 7.09. The van der Waals surface area contributed by atoms with E-state index in [2.05, 4.69) is 20.5 Å². The van der Waals surface area contributed by atoms with Crippen LogP contribution in [0.3, 0.4) is 0 Å². The maximum atomic E-state index is 12.2. The van der Waals surface area contributed by atoms with Crippen LogP contribution in [0, 0.1) is 6.92 Å². The van der Waals surface area contributed by atoms with E-state index >= 15 is 0 Å². The molecule has 0 radical (unpaired) electrons. The molecular formula is C13H13N5OS. The lowest BCUT2D eigenvalue weighted by molar-refractivity contribution is 0.101. The molecule has 1 amide bonds. The molecule has 3 aromatic heterocycles. The van der Waals surface area contributed by atoms with Gasteiger partial charge in [0.25, 0.3) is 5.91 Å². The fraction of sp³-hybridized carbons (Fsp3) is 0.154. The number of aryl methyl sites for hydroxylation is 2. The van der Waals surface area contributed by atoms with Crippen LogP contribution in [0.25, 0.3) is 11.3 Å². The number of aromatic amines is 1. The Morgan fingerprint density at radius 1 is 1.50 bits per heavy atom. The van der Waals surface area contributed by atoms with Crippen LogP contribution >= 0.6 is 11.3 Å².